The number of hydrogen-bond donors (Lipinski definition) is 2. The molecular weight excluding hydrogens is 558 g/mol. The Kier molecular flexibility index (Phi) is 7.20. The number of fused-ring (bicyclic) bond motifs is 2. The number of anilines is 4. The second kappa shape index (κ2) is 10.5. The zero-order chi connectivity index (χ0) is 28.7. The highest BCUT2D eigenvalue weighted by Gasteiger charge is 2.27. The smallest absolute Gasteiger partial charge is 0.264 e. The summed E-state index contributed by atoms with van der Waals surface area (Å²) >= 11 is 0. The molecule has 4 heterocycles. The van der Waals surface area contributed by atoms with Gasteiger partial charge in [0.05, 0.1) is 25.0 Å². The van der Waals surface area contributed by atoms with E-state index in [1.165, 1.54) is 11.9 Å². The summed E-state index contributed by atoms with van der Waals surface area (Å²) in [5.74, 6) is 0.110. The first kappa shape index (κ1) is 27.5. The standard InChI is InChI=1S/C25H27N7O6S2/c1-30(39(2,34)35)23-18(5-3-9-26-23)16-31-11-8-17-15-27-25(29-24(17)31)28-20-6-7-21-19(13-20)14-22(33)32(21)10-4-12-40(36,37)38/h3,5-9,11,13,15H,4,10,12,14,16H2,1-2H3,(H,27,28,29)(H,36,37,38). The van der Waals surface area contributed by atoms with E-state index in [1.807, 2.05) is 29.0 Å². The molecule has 0 unspecified atom stereocenters. The van der Waals surface area contributed by atoms with Gasteiger partial charge < -0.3 is 14.8 Å². The number of pyridine rings is 1. The average Bonchev–Trinajstić information content (AvgIpc) is 3.42. The number of hydrogen-bond acceptors (Lipinski definition) is 9. The third kappa shape index (κ3) is 5.90. The van der Waals surface area contributed by atoms with Crippen molar-refractivity contribution < 1.29 is 26.2 Å². The normalized spacial score (nSPS) is 13.6. The van der Waals surface area contributed by atoms with Crippen LogP contribution in [0.3, 0.4) is 0 Å². The second-order valence-corrected chi connectivity index (χ2v) is 13.0. The number of carbonyl (C=O) groups excluding carboxylic acids is 1. The van der Waals surface area contributed by atoms with Crippen molar-refractivity contribution in [2.24, 2.45) is 0 Å². The minimum Gasteiger partial charge on any atom is -0.328 e. The van der Waals surface area contributed by atoms with Crippen molar-refractivity contribution in [2.45, 2.75) is 19.4 Å². The van der Waals surface area contributed by atoms with E-state index in [4.69, 9.17) is 4.55 Å². The predicted molar refractivity (Wildman–Crippen MR) is 151 cm³/mol. The van der Waals surface area contributed by atoms with Gasteiger partial charge in [-0.15, -0.1) is 0 Å². The number of benzene rings is 1. The van der Waals surface area contributed by atoms with Crippen LogP contribution in [0.25, 0.3) is 11.0 Å². The molecular formula is C25H27N7O6S2. The zero-order valence-corrected chi connectivity index (χ0v) is 23.4. The van der Waals surface area contributed by atoms with E-state index in [2.05, 4.69) is 20.3 Å². The van der Waals surface area contributed by atoms with Gasteiger partial charge in [0.1, 0.15) is 11.5 Å². The molecule has 0 aliphatic carbocycles. The lowest BCUT2D eigenvalue weighted by molar-refractivity contribution is -0.117. The highest BCUT2D eigenvalue weighted by Crippen LogP contribution is 2.32. The Morgan fingerprint density at radius 2 is 1.93 bits per heavy atom. The van der Waals surface area contributed by atoms with E-state index in [0.29, 0.717) is 40.9 Å². The first-order valence-electron chi connectivity index (χ1n) is 12.2. The molecule has 0 radical (unpaired) electrons. The van der Waals surface area contributed by atoms with Crippen molar-refractivity contribution in [3.8, 4) is 0 Å². The minimum atomic E-state index is -4.09. The van der Waals surface area contributed by atoms with Gasteiger partial charge in [-0.05, 0) is 42.3 Å². The van der Waals surface area contributed by atoms with Crippen LogP contribution in [0.5, 0.6) is 0 Å². The Balaban J connectivity index is 1.36. The van der Waals surface area contributed by atoms with Gasteiger partial charge in [-0.3, -0.25) is 13.7 Å². The number of nitrogens with zero attached hydrogens (tertiary/aromatic N) is 6. The predicted octanol–water partition coefficient (Wildman–Crippen LogP) is 2.18. The molecule has 0 atom stereocenters. The van der Waals surface area contributed by atoms with Gasteiger partial charge in [0.2, 0.25) is 21.9 Å². The van der Waals surface area contributed by atoms with Crippen molar-refractivity contribution in [2.75, 3.05) is 40.1 Å². The van der Waals surface area contributed by atoms with E-state index in [1.54, 1.807) is 30.6 Å². The van der Waals surface area contributed by atoms with Crippen LogP contribution in [0.15, 0.2) is 55.0 Å². The van der Waals surface area contributed by atoms with Crippen molar-refractivity contribution in [1.29, 1.82) is 0 Å². The van der Waals surface area contributed by atoms with E-state index in [-0.39, 0.29) is 25.3 Å². The van der Waals surface area contributed by atoms with E-state index < -0.39 is 25.9 Å². The van der Waals surface area contributed by atoms with Crippen LogP contribution < -0.4 is 14.5 Å². The monoisotopic (exact) mass is 585 g/mol. The summed E-state index contributed by atoms with van der Waals surface area (Å²) in [7, 11) is -6.12. The van der Waals surface area contributed by atoms with E-state index >= 15 is 0 Å². The molecule has 13 nitrogen and oxygen atoms in total. The first-order valence-corrected chi connectivity index (χ1v) is 15.7. The lowest BCUT2D eigenvalue weighted by Crippen LogP contribution is -2.29. The molecule has 0 spiro atoms. The Morgan fingerprint density at radius 1 is 1.12 bits per heavy atom. The van der Waals surface area contributed by atoms with Gasteiger partial charge in [-0.1, -0.05) is 6.07 Å². The maximum atomic E-state index is 12.5. The molecule has 1 aromatic carbocycles. The molecule has 1 aliphatic heterocycles. The summed E-state index contributed by atoms with van der Waals surface area (Å²) in [6.07, 6.45) is 6.50. The topological polar surface area (TPSA) is 168 Å². The summed E-state index contributed by atoms with van der Waals surface area (Å²) in [4.78, 5) is 27.4. The van der Waals surface area contributed by atoms with Crippen LogP contribution in [-0.4, -0.2) is 72.4 Å². The van der Waals surface area contributed by atoms with Crippen LogP contribution in [0, 0.1) is 0 Å². The van der Waals surface area contributed by atoms with Crippen molar-refractivity contribution in [3.63, 3.8) is 0 Å². The van der Waals surface area contributed by atoms with Crippen LogP contribution in [0.1, 0.15) is 17.5 Å². The molecule has 5 rings (SSSR count). The molecule has 1 aliphatic rings. The number of carbonyl (C=O) groups is 1. The Bertz CT molecular complexity index is 1820. The summed E-state index contributed by atoms with van der Waals surface area (Å²) in [6.45, 7) is 0.519. The number of sulfonamides is 1. The van der Waals surface area contributed by atoms with Gasteiger partial charge in [-0.2, -0.15) is 13.4 Å². The fraction of sp³-hybridized carbons (Fsp3) is 0.280. The fourth-order valence-corrected chi connectivity index (χ4v) is 5.55. The fourth-order valence-electron chi connectivity index (χ4n) is 4.58. The molecule has 40 heavy (non-hydrogen) atoms. The third-order valence-electron chi connectivity index (χ3n) is 6.56. The molecule has 0 fully saturated rings. The van der Waals surface area contributed by atoms with E-state index in [9.17, 15) is 21.6 Å². The van der Waals surface area contributed by atoms with Crippen molar-refractivity contribution in [1.82, 2.24) is 19.5 Å². The molecule has 3 aromatic heterocycles. The van der Waals surface area contributed by atoms with Gasteiger partial charge >= 0.3 is 0 Å². The van der Waals surface area contributed by atoms with Crippen molar-refractivity contribution >= 4 is 60.2 Å². The molecule has 4 aromatic rings. The van der Waals surface area contributed by atoms with Gasteiger partial charge in [0.25, 0.3) is 10.1 Å². The Labute approximate surface area is 231 Å². The maximum Gasteiger partial charge on any atom is 0.264 e. The Hall–Kier alpha value is -4.08. The largest absolute Gasteiger partial charge is 0.328 e. The van der Waals surface area contributed by atoms with Gasteiger partial charge in [0, 0.05) is 54.5 Å². The molecule has 0 bridgehead atoms. The number of rotatable bonds is 10. The molecule has 0 saturated carbocycles. The third-order valence-corrected chi connectivity index (χ3v) is 8.53. The summed E-state index contributed by atoms with van der Waals surface area (Å²) < 4.78 is 58.2. The second-order valence-electron chi connectivity index (χ2n) is 9.46. The maximum absolute atomic E-state index is 12.5. The van der Waals surface area contributed by atoms with Crippen LogP contribution >= 0.6 is 0 Å². The molecule has 210 valence electrons. The van der Waals surface area contributed by atoms with Crippen LogP contribution in [0.4, 0.5) is 23.1 Å². The van der Waals surface area contributed by atoms with Crippen LogP contribution in [-0.2, 0) is 37.9 Å². The average molecular weight is 586 g/mol. The molecule has 15 heteroatoms. The lowest BCUT2D eigenvalue weighted by atomic mass is 10.1. The lowest BCUT2D eigenvalue weighted by Gasteiger charge is -2.19. The summed E-state index contributed by atoms with van der Waals surface area (Å²) in [5, 5.41) is 3.97. The van der Waals surface area contributed by atoms with Crippen LogP contribution in [0.2, 0.25) is 0 Å². The molecule has 2 N–H and O–H groups in total. The highest BCUT2D eigenvalue weighted by molar-refractivity contribution is 7.92. The SMILES string of the molecule is CN(c1ncccc1Cn1ccc2cnc(Nc3ccc4c(c3)CC(=O)N4CCCS(=O)(=O)O)nc21)S(C)(=O)=O. The zero-order valence-electron chi connectivity index (χ0n) is 21.7. The number of nitrogens with one attached hydrogen (secondary N) is 1. The van der Waals surface area contributed by atoms with Gasteiger partial charge in [0.15, 0.2) is 0 Å². The minimum absolute atomic E-state index is 0.128. The van der Waals surface area contributed by atoms with Gasteiger partial charge in [-0.25, -0.2) is 18.4 Å². The van der Waals surface area contributed by atoms with E-state index in [0.717, 1.165) is 21.5 Å². The summed E-state index contributed by atoms with van der Waals surface area (Å²) in [5.41, 5.74) is 3.49. The Morgan fingerprint density at radius 3 is 2.67 bits per heavy atom. The quantitative estimate of drug-likeness (QED) is 0.263. The number of aromatic nitrogens is 4. The first-order chi connectivity index (χ1) is 18.9. The number of amides is 1. The molecule has 1 amide bonds. The highest BCUT2D eigenvalue weighted by atomic mass is 32.2. The van der Waals surface area contributed by atoms with Crippen molar-refractivity contribution in [3.05, 3.63) is 66.1 Å². The molecule has 0 saturated heterocycles. The summed E-state index contributed by atoms with van der Waals surface area (Å²) in [6, 6.07) is 10.8.